The van der Waals surface area contributed by atoms with Gasteiger partial charge in [0.25, 0.3) is 0 Å². The Hall–Kier alpha value is -2.16. The molecule has 2 rings (SSSR count). The van der Waals surface area contributed by atoms with Crippen LogP contribution >= 0.6 is 0 Å². The summed E-state index contributed by atoms with van der Waals surface area (Å²) in [6.07, 6.45) is 0. The van der Waals surface area contributed by atoms with Crippen LogP contribution in [0, 0.1) is 20.8 Å². The van der Waals surface area contributed by atoms with Crippen molar-refractivity contribution in [3.05, 3.63) is 53.1 Å². The predicted molar refractivity (Wildman–Crippen MR) is 85.6 cm³/mol. The number of anilines is 1. The van der Waals surface area contributed by atoms with Crippen LogP contribution in [0.2, 0.25) is 0 Å². The van der Waals surface area contributed by atoms with Gasteiger partial charge in [-0.25, -0.2) is 0 Å². The lowest BCUT2D eigenvalue weighted by Gasteiger charge is -2.11. The smallest absolute Gasteiger partial charge is 0.0915 e. The van der Waals surface area contributed by atoms with Crippen molar-refractivity contribution >= 4 is 17.1 Å². The van der Waals surface area contributed by atoms with Crippen LogP contribution in [0.1, 0.15) is 16.7 Å². The Morgan fingerprint density at radius 1 is 0.800 bits per heavy atom. The highest BCUT2D eigenvalue weighted by molar-refractivity contribution is 5.55. The van der Waals surface area contributed by atoms with E-state index in [1.807, 2.05) is 38.4 Å². The van der Waals surface area contributed by atoms with Gasteiger partial charge < -0.3 is 4.90 Å². The van der Waals surface area contributed by atoms with Crippen LogP contribution in [-0.4, -0.2) is 14.1 Å². The third-order valence-electron chi connectivity index (χ3n) is 3.27. The van der Waals surface area contributed by atoms with E-state index in [1.165, 1.54) is 5.56 Å². The van der Waals surface area contributed by atoms with Crippen LogP contribution < -0.4 is 4.90 Å². The standard InChI is InChI=1S/C17H21N3/c1-12-10-13(2)17(14(3)11-12)19-18-15-6-8-16(9-7-15)20(4)5/h6-11H,1-5H3. The Balaban J connectivity index is 2.25. The molecule has 0 aliphatic heterocycles. The Morgan fingerprint density at radius 2 is 1.35 bits per heavy atom. The molecule has 20 heavy (non-hydrogen) atoms. The van der Waals surface area contributed by atoms with Gasteiger partial charge in [-0.15, -0.1) is 0 Å². The van der Waals surface area contributed by atoms with Gasteiger partial charge in [-0.3, -0.25) is 0 Å². The molecule has 104 valence electrons. The number of benzene rings is 2. The van der Waals surface area contributed by atoms with Crippen molar-refractivity contribution in [3.63, 3.8) is 0 Å². The van der Waals surface area contributed by atoms with E-state index in [1.54, 1.807) is 0 Å². The lowest BCUT2D eigenvalue weighted by Crippen LogP contribution is -2.07. The molecule has 0 amide bonds. The first kappa shape index (κ1) is 14.3. The molecule has 2 aromatic rings. The number of hydrogen-bond donors (Lipinski definition) is 0. The van der Waals surface area contributed by atoms with Crippen molar-refractivity contribution in [2.24, 2.45) is 10.2 Å². The first-order valence-electron chi connectivity index (χ1n) is 6.74. The second-order valence-electron chi connectivity index (χ2n) is 5.36. The summed E-state index contributed by atoms with van der Waals surface area (Å²) in [5, 5.41) is 8.74. The minimum absolute atomic E-state index is 0.870. The fraction of sp³-hybridized carbons (Fsp3) is 0.294. The SMILES string of the molecule is Cc1cc(C)c(N=Nc2ccc(N(C)C)cc2)c(C)c1. The van der Waals surface area contributed by atoms with Crippen LogP contribution in [0.25, 0.3) is 0 Å². The molecule has 0 atom stereocenters. The van der Waals surface area contributed by atoms with E-state index >= 15 is 0 Å². The first-order valence-corrected chi connectivity index (χ1v) is 6.74. The zero-order valence-electron chi connectivity index (χ0n) is 12.8. The highest BCUT2D eigenvalue weighted by Gasteiger charge is 2.02. The summed E-state index contributed by atoms with van der Waals surface area (Å²) in [4.78, 5) is 2.06. The van der Waals surface area contributed by atoms with Crippen LogP contribution in [0.4, 0.5) is 17.1 Å². The number of rotatable bonds is 3. The molecule has 2 aromatic carbocycles. The quantitative estimate of drug-likeness (QED) is 0.711. The Labute approximate surface area is 121 Å². The molecule has 0 saturated carbocycles. The molecular weight excluding hydrogens is 246 g/mol. The number of aryl methyl sites for hydroxylation is 3. The minimum atomic E-state index is 0.870. The van der Waals surface area contributed by atoms with Gasteiger partial charge in [0.1, 0.15) is 0 Å². The van der Waals surface area contributed by atoms with Crippen molar-refractivity contribution in [3.8, 4) is 0 Å². The molecule has 0 aromatic heterocycles. The van der Waals surface area contributed by atoms with Crippen LogP contribution in [0.3, 0.4) is 0 Å². The van der Waals surface area contributed by atoms with Gasteiger partial charge in [0, 0.05) is 19.8 Å². The number of nitrogens with zero attached hydrogens (tertiary/aromatic N) is 3. The summed E-state index contributed by atoms with van der Waals surface area (Å²) < 4.78 is 0. The average molecular weight is 267 g/mol. The summed E-state index contributed by atoms with van der Waals surface area (Å²) in [6.45, 7) is 6.24. The Bertz CT molecular complexity index is 602. The third kappa shape index (κ3) is 3.23. The highest BCUT2D eigenvalue weighted by atomic mass is 15.1. The molecule has 0 fully saturated rings. The van der Waals surface area contributed by atoms with E-state index < -0.39 is 0 Å². The van der Waals surface area contributed by atoms with Gasteiger partial charge in [-0.1, -0.05) is 17.7 Å². The van der Waals surface area contributed by atoms with Crippen molar-refractivity contribution in [1.29, 1.82) is 0 Å². The molecule has 3 nitrogen and oxygen atoms in total. The van der Waals surface area contributed by atoms with Crippen molar-refractivity contribution in [2.75, 3.05) is 19.0 Å². The topological polar surface area (TPSA) is 28.0 Å². The maximum atomic E-state index is 4.40. The molecule has 0 aliphatic carbocycles. The second-order valence-corrected chi connectivity index (χ2v) is 5.36. The molecule has 0 bridgehead atoms. The lowest BCUT2D eigenvalue weighted by molar-refractivity contribution is 1.13. The maximum Gasteiger partial charge on any atom is 0.0915 e. The predicted octanol–water partition coefficient (Wildman–Crippen LogP) is 5.09. The normalized spacial score (nSPS) is 11.1. The molecule has 3 heteroatoms. The summed E-state index contributed by atoms with van der Waals surface area (Å²) in [6, 6.07) is 12.3. The maximum absolute atomic E-state index is 4.40. The lowest BCUT2D eigenvalue weighted by atomic mass is 10.1. The second kappa shape index (κ2) is 5.87. The van der Waals surface area contributed by atoms with Crippen LogP contribution in [-0.2, 0) is 0 Å². The minimum Gasteiger partial charge on any atom is -0.378 e. The Morgan fingerprint density at radius 3 is 1.85 bits per heavy atom. The molecule has 0 spiro atoms. The third-order valence-corrected chi connectivity index (χ3v) is 3.27. The fourth-order valence-electron chi connectivity index (χ4n) is 2.26. The summed E-state index contributed by atoms with van der Waals surface area (Å²) in [7, 11) is 4.05. The molecular formula is C17H21N3. The van der Waals surface area contributed by atoms with Crippen molar-refractivity contribution < 1.29 is 0 Å². The van der Waals surface area contributed by atoms with E-state index in [9.17, 15) is 0 Å². The molecule has 0 unspecified atom stereocenters. The number of azo groups is 1. The van der Waals surface area contributed by atoms with Crippen LogP contribution in [0.5, 0.6) is 0 Å². The molecule has 0 aliphatic rings. The number of hydrogen-bond acceptors (Lipinski definition) is 3. The van der Waals surface area contributed by atoms with Crippen LogP contribution in [0.15, 0.2) is 46.6 Å². The molecule has 0 N–H and O–H groups in total. The van der Waals surface area contributed by atoms with Gasteiger partial charge in [0.05, 0.1) is 11.4 Å². The zero-order valence-corrected chi connectivity index (χ0v) is 12.8. The summed E-state index contributed by atoms with van der Waals surface area (Å²) >= 11 is 0. The summed E-state index contributed by atoms with van der Waals surface area (Å²) in [5.41, 5.74) is 6.58. The van der Waals surface area contributed by atoms with Crippen molar-refractivity contribution in [2.45, 2.75) is 20.8 Å². The largest absolute Gasteiger partial charge is 0.378 e. The summed E-state index contributed by atoms with van der Waals surface area (Å²) in [5.74, 6) is 0. The molecule has 0 saturated heterocycles. The van der Waals surface area contributed by atoms with Crippen molar-refractivity contribution in [1.82, 2.24) is 0 Å². The van der Waals surface area contributed by atoms with Gasteiger partial charge in [0.15, 0.2) is 0 Å². The highest BCUT2D eigenvalue weighted by Crippen LogP contribution is 2.27. The van der Waals surface area contributed by atoms with E-state index in [-0.39, 0.29) is 0 Å². The van der Waals surface area contributed by atoms with E-state index in [0.29, 0.717) is 0 Å². The fourth-order valence-corrected chi connectivity index (χ4v) is 2.26. The van der Waals surface area contributed by atoms with E-state index in [4.69, 9.17) is 0 Å². The average Bonchev–Trinajstić information content (AvgIpc) is 2.38. The van der Waals surface area contributed by atoms with E-state index in [0.717, 1.165) is 28.2 Å². The monoisotopic (exact) mass is 267 g/mol. The Kier molecular flexibility index (Phi) is 4.18. The first-order chi connectivity index (χ1) is 9.47. The van der Waals surface area contributed by atoms with Gasteiger partial charge in [-0.2, -0.15) is 10.2 Å². The zero-order chi connectivity index (χ0) is 14.7. The molecule has 0 heterocycles. The molecule has 0 radical (unpaired) electrons. The van der Waals surface area contributed by atoms with Gasteiger partial charge >= 0.3 is 0 Å². The van der Waals surface area contributed by atoms with Gasteiger partial charge in [0.2, 0.25) is 0 Å². The van der Waals surface area contributed by atoms with Gasteiger partial charge in [-0.05, 0) is 56.2 Å². The van der Waals surface area contributed by atoms with E-state index in [2.05, 4.69) is 48.0 Å².